The molecule has 0 fully saturated rings. The lowest BCUT2D eigenvalue weighted by atomic mass is 9.93. The average Bonchev–Trinajstić information content (AvgIpc) is 3.51. The van der Waals surface area contributed by atoms with Gasteiger partial charge in [0.2, 0.25) is 0 Å². The molecule has 0 saturated carbocycles. The fourth-order valence-electron chi connectivity index (χ4n) is 4.75. The molecule has 7 rings (SSSR count). The summed E-state index contributed by atoms with van der Waals surface area (Å²) in [4.78, 5) is 8.01. The predicted octanol–water partition coefficient (Wildman–Crippen LogP) is 7.95. The summed E-state index contributed by atoms with van der Waals surface area (Å²) in [5, 5.41) is 7.58. The number of nitrogens with zero attached hydrogens (tertiary/aromatic N) is 1. The Morgan fingerprint density at radius 2 is 1.12 bits per heavy atom. The maximum atomic E-state index is 6.24. The highest BCUT2D eigenvalue weighted by Crippen LogP contribution is 2.37. The Balaban J connectivity index is 1.42. The van der Waals surface area contributed by atoms with E-state index in [4.69, 9.17) is 4.42 Å². The molecule has 0 bridgehead atoms. The third kappa shape index (κ3) is 2.51. The summed E-state index contributed by atoms with van der Waals surface area (Å²) in [7, 11) is 0. The molecular weight excluding hydrogens is 392 g/mol. The molecule has 0 unspecified atom stereocenters. The second kappa shape index (κ2) is 6.56. The molecule has 0 aliphatic heterocycles. The van der Waals surface area contributed by atoms with Crippen LogP contribution in [0, 0.1) is 0 Å². The normalized spacial score (nSPS) is 11.8. The van der Waals surface area contributed by atoms with Crippen molar-refractivity contribution in [3.8, 4) is 22.9 Å². The molecule has 0 saturated heterocycles. The molecule has 1 N–H and O–H groups in total. The molecule has 0 amide bonds. The first-order valence-corrected chi connectivity index (χ1v) is 10.7. The Morgan fingerprint density at radius 1 is 0.531 bits per heavy atom. The minimum absolute atomic E-state index is 0.736. The van der Waals surface area contributed by atoms with Crippen molar-refractivity contribution in [2.45, 2.75) is 0 Å². The van der Waals surface area contributed by atoms with Gasteiger partial charge in [0, 0.05) is 5.56 Å². The van der Waals surface area contributed by atoms with Gasteiger partial charge in [-0.15, -0.1) is 0 Å². The average molecular weight is 410 g/mol. The van der Waals surface area contributed by atoms with Gasteiger partial charge in [0.1, 0.15) is 5.76 Å². The van der Waals surface area contributed by atoms with Crippen LogP contribution in [0.15, 0.2) is 108 Å². The maximum absolute atomic E-state index is 6.24. The molecule has 3 heteroatoms. The fraction of sp³-hybridized carbons (Fsp3) is 0. The van der Waals surface area contributed by atoms with Crippen molar-refractivity contribution in [1.82, 2.24) is 9.97 Å². The number of imidazole rings is 1. The SMILES string of the molecule is c1ccc2[nH]c(-c3ccc(-c4ccc5c6ccccc6c6ccccc6c5c4)o3)nc2c1. The zero-order chi connectivity index (χ0) is 21.1. The minimum Gasteiger partial charge on any atom is -0.453 e. The van der Waals surface area contributed by atoms with Crippen LogP contribution >= 0.6 is 0 Å². The van der Waals surface area contributed by atoms with Crippen molar-refractivity contribution in [1.29, 1.82) is 0 Å². The van der Waals surface area contributed by atoms with Crippen molar-refractivity contribution >= 4 is 43.4 Å². The smallest absolute Gasteiger partial charge is 0.174 e. The van der Waals surface area contributed by atoms with E-state index in [1.807, 2.05) is 36.4 Å². The van der Waals surface area contributed by atoms with Gasteiger partial charge < -0.3 is 9.40 Å². The van der Waals surface area contributed by atoms with Crippen LogP contribution in [0.2, 0.25) is 0 Å². The monoisotopic (exact) mass is 410 g/mol. The first kappa shape index (κ1) is 17.3. The second-order valence-corrected chi connectivity index (χ2v) is 8.12. The van der Waals surface area contributed by atoms with Crippen LogP contribution in [-0.4, -0.2) is 9.97 Å². The molecule has 0 aliphatic carbocycles. The van der Waals surface area contributed by atoms with E-state index in [9.17, 15) is 0 Å². The van der Waals surface area contributed by atoms with Crippen molar-refractivity contribution in [3.05, 3.63) is 103 Å². The Kier molecular flexibility index (Phi) is 3.55. The van der Waals surface area contributed by atoms with E-state index in [-0.39, 0.29) is 0 Å². The van der Waals surface area contributed by atoms with Crippen LogP contribution in [0.1, 0.15) is 0 Å². The van der Waals surface area contributed by atoms with Gasteiger partial charge >= 0.3 is 0 Å². The zero-order valence-electron chi connectivity index (χ0n) is 17.2. The van der Waals surface area contributed by atoms with Crippen molar-refractivity contribution in [2.75, 3.05) is 0 Å². The van der Waals surface area contributed by atoms with E-state index >= 15 is 0 Å². The summed E-state index contributed by atoms with van der Waals surface area (Å²) in [6.45, 7) is 0. The molecule has 0 radical (unpaired) electrons. The summed E-state index contributed by atoms with van der Waals surface area (Å²) in [6, 6.07) is 35.9. The van der Waals surface area contributed by atoms with Gasteiger partial charge in [0.05, 0.1) is 11.0 Å². The topological polar surface area (TPSA) is 41.8 Å². The summed E-state index contributed by atoms with van der Waals surface area (Å²) in [5.41, 5.74) is 2.99. The summed E-state index contributed by atoms with van der Waals surface area (Å²) < 4.78 is 6.24. The first-order valence-electron chi connectivity index (χ1n) is 10.7. The Hall–Kier alpha value is -4.37. The molecule has 5 aromatic carbocycles. The van der Waals surface area contributed by atoms with Gasteiger partial charge in [-0.2, -0.15) is 0 Å². The molecule has 150 valence electrons. The standard InChI is InChI=1S/C29H18N2O/c1-2-9-21-19(7-1)20-8-3-4-10-22(20)24-17-18(13-14-23(21)24)27-15-16-28(32-27)29-30-25-11-5-6-12-26(25)31-29/h1-17H,(H,30,31). The number of para-hydroxylation sites is 2. The number of H-pyrrole nitrogens is 1. The molecule has 7 aromatic rings. The van der Waals surface area contributed by atoms with E-state index in [0.29, 0.717) is 0 Å². The van der Waals surface area contributed by atoms with E-state index in [1.54, 1.807) is 0 Å². The molecule has 0 aliphatic rings. The Bertz CT molecular complexity index is 1720. The second-order valence-electron chi connectivity index (χ2n) is 8.12. The number of hydrogen-bond acceptors (Lipinski definition) is 2. The predicted molar refractivity (Wildman–Crippen MR) is 132 cm³/mol. The molecule has 32 heavy (non-hydrogen) atoms. The van der Waals surface area contributed by atoms with Gasteiger partial charge in [0.15, 0.2) is 11.6 Å². The van der Waals surface area contributed by atoms with Crippen molar-refractivity contribution in [3.63, 3.8) is 0 Å². The molecule has 3 nitrogen and oxygen atoms in total. The van der Waals surface area contributed by atoms with Gasteiger partial charge in [0.25, 0.3) is 0 Å². The van der Waals surface area contributed by atoms with Crippen LogP contribution < -0.4 is 0 Å². The third-order valence-corrected chi connectivity index (χ3v) is 6.26. The van der Waals surface area contributed by atoms with E-state index in [0.717, 1.165) is 33.9 Å². The number of aromatic nitrogens is 2. The molecular formula is C29H18N2O. The lowest BCUT2D eigenvalue weighted by Gasteiger charge is -2.11. The van der Waals surface area contributed by atoms with Gasteiger partial charge in [-0.25, -0.2) is 4.98 Å². The fourth-order valence-corrected chi connectivity index (χ4v) is 4.75. The number of hydrogen-bond donors (Lipinski definition) is 1. The molecule has 0 atom stereocenters. The highest BCUT2D eigenvalue weighted by atomic mass is 16.3. The lowest BCUT2D eigenvalue weighted by molar-refractivity contribution is 0.593. The number of furan rings is 1. The number of benzene rings is 5. The van der Waals surface area contributed by atoms with Crippen LogP contribution in [-0.2, 0) is 0 Å². The van der Waals surface area contributed by atoms with Gasteiger partial charge in [-0.05, 0) is 62.6 Å². The van der Waals surface area contributed by atoms with Crippen LogP contribution in [0.4, 0.5) is 0 Å². The van der Waals surface area contributed by atoms with Gasteiger partial charge in [-0.3, -0.25) is 0 Å². The van der Waals surface area contributed by atoms with Crippen LogP contribution in [0.5, 0.6) is 0 Å². The van der Waals surface area contributed by atoms with Gasteiger partial charge in [-0.1, -0.05) is 72.8 Å². The first-order chi connectivity index (χ1) is 15.8. The van der Waals surface area contributed by atoms with Crippen molar-refractivity contribution < 1.29 is 4.42 Å². The summed E-state index contributed by atoms with van der Waals surface area (Å²) in [6.07, 6.45) is 0. The molecule has 0 spiro atoms. The van der Waals surface area contributed by atoms with Crippen LogP contribution in [0.3, 0.4) is 0 Å². The quantitative estimate of drug-likeness (QED) is 0.294. The maximum Gasteiger partial charge on any atom is 0.174 e. The molecule has 2 aromatic heterocycles. The minimum atomic E-state index is 0.736. The highest BCUT2D eigenvalue weighted by molar-refractivity contribution is 6.25. The molecule has 2 heterocycles. The largest absolute Gasteiger partial charge is 0.453 e. The zero-order valence-corrected chi connectivity index (χ0v) is 17.2. The van der Waals surface area contributed by atoms with E-state index in [2.05, 4.69) is 76.7 Å². The van der Waals surface area contributed by atoms with Crippen molar-refractivity contribution in [2.24, 2.45) is 0 Å². The number of fused-ring (bicyclic) bond motifs is 7. The Morgan fingerprint density at radius 3 is 1.84 bits per heavy atom. The third-order valence-electron chi connectivity index (χ3n) is 6.26. The number of nitrogens with one attached hydrogen (secondary N) is 1. The van der Waals surface area contributed by atoms with E-state index in [1.165, 1.54) is 32.3 Å². The Labute approximate surface area is 183 Å². The van der Waals surface area contributed by atoms with Crippen LogP contribution in [0.25, 0.3) is 66.3 Å². The van der Waals surface area contributed by atoms with E-state index < -0.39 is 0 Å². The summed E-state index contributed by atoms with van der Waals surface area (Å²) >= 11 is 0. The number of aromatic amines is 1. The lowest BCUT2D eigenvalue weighted by Crippen LogP contribution is -1.84. The highest BCUT2D eigenvalue weighted by Gasteiger charge is 2.13. The summed E-state index contributed by atoms with van der Waals surface area (Å²) in [5.74, 6) is 2.31. The number of rotatable bonds is 2.